The Labute approximate surface area is 172 Å². The second kappa shape index (κ2) is 7.60. The molecule has 0 saturated heterocycles. The second-order valence-electron chi connectivity index (χ2n) is 6.37. The molecule has 0 bridgehead atoms. The van der Waals surface area contributed by atoms with Crippen molar-refractivity contribution in [3.05, 3.63) is 98.8 Å². The Hall–Kier alpha value is -3.32. The number of nitrogens with one attached hydrogen (secondary N) is 2. The molecule has 0 spiro atoms. The smallest absolute Gasteiger partial charge is 0.261 e. The summed E-state index contributed by atoms with van der Waals surface area (Å²) in [5.41, 5.74) is -0.0679. The Morgan fingerprint density at radius 1 is 0.966 bits per heavy atom. The van der Waals surface area contributed by atoms with Crippen LogP contribution in [0.1, 0.15) is 10.4 Å². The van der Waals surface area contributed by atoms with Gasteiger partial charge in [0.2, 0.25) is 0 Å². The van der Waals surface area contributed by atoms with Gasteiger partial charge in [0.15, 0.2) is 0 Å². The number of carbonyl (C=O) groups excluding carboxylic acids is 1. The summed E-state index contributed by atoms with van der Waals surface area (Å²) in [5, 5.41) is 4.61. The first-order valence-electron chi connectivity index (χ1n) is 8.61. The first-order chi connectivity index (χ1) is 13.9. The average Bonchev–Trinajstić information content (AvgIpc) is 2.68. The molecule has 0 aliphatic carbocycles. The van der Waals surface area contributed by atoms with Crippen molar-refractivity contribution in [2.45, 2.75) is 0 Å². The van der Waals surface area contributed by atoms with Gasteiger partial charge in [-0.15, -0.1) is 0 Å². The number of carbonyl (C=O) groups is 1. The van der Waals surface area contributed by atoms with E-state index in [2.05, 4.69) is 26.2 Å². The van der Waals surface area contributed by atoms with Gasteiger partial charge in [0, 0.05) is 21.8 Å². The van der Waals surface area contributed by atoms with Gasteiger partial charge in [0.1, 0.15) is 17.2 Å². The van der Waals surface area contributed by atoms with E-state index in [0.29, 0.717) is 5.69 Å². The molecule has 0 saturated carbocycles. The highest BCUT2D eigenvalue weighted by Crippen LogP contribution is 2.26. The van der Waals surface area contributed by atoms with Gasteiger partial charge >= 0.3 is 0 Å². The highest BCUT2D eigenvalue weighted by atomic mass is 79.9. The molecule has 144 valence electrons. The molecule has 7 heteroatoms. The first-order valence-corrected chi connectivity index (χ1v) is 9.40. The van der Waals surface area contributed by atoms with Crippen molar-refractivity contribution in [1.82, 2.24) is 4.98 Å². The summed E-state index contributed by atoms with van der Waals surface area (Å²) in [6.07, 6.45) is 0. The van der Waals surface area contributed by atoms with Crippen molar-refractivity contribution in [2.75, 3.05) is 5.32 Å². The third-order valence-electron chi connectivity index (χ3n) is 4.46. The van der Waals surface area contributed by atoms with E-state index in [9.17, 15) is 18.4 Å². The lowest BCUT2D eigenvalue weighted by molar-refractivity contribution is 0.102. The molecule has 3 aromatic carbocycles. The van der Waals surface area contributed by atoms with Gasteiger partial charge in [-0.05, 0) is 53.2 Å². The molecule has 0 aliphatic rings. The van der Waals surface area contributed by atoms with E-state index in [1.807, 2.05) is 24.3 Å². The monoisotopic (exact) mass is 454 g/mol. The van der Waals surface area contributed by atoms with Crippen LogP contribution in [0.25, 0.3) is 22.0 Å². The quantitative estimate of drug-likeness (QED) is 0.430. The lowest BCUT2D eigenvalue weighted by Crippen LogP contribution is -2.23. The molecule has 0 fully saturated rings. The lowest BCUT2D eigenvalue weighted by atomic mass is 10.1. The number of benzene rings is 3. The van der Waals surface area contributed by atoms with Crippen LogP contribution in [0.3, 0.4) is 0 Å². The van der Waals surface area contributed by atoms with Crippen LogP contribution in [0.2, 0.25) is 0 Å². The van der Waals surface area contributed by atoms with Gasteiger partial charge in [-0.25, -0.2) is 8.78 Å². The standard InChI is InChI=1S/C22H13BrF2N2O2/c23-18-3-1-2-12-10-14(5-7-15(12)18)26-21(28)17-8-9-20(27-22(17)29)16-6-4-13(24)11-19(16)25/h1-11H,(H,26,28)(H,27,29). The van der Waals surface area contributed by atoms with Crippen LogP contribution in [-0.2, 0) is 0 Å². The van der Waals surface area contributed by atoms with Crippen molar-refractivity contribution in [3.63, 3.8) is 0 Å². The Morgan fingerprint density at radius 2 is 1.79 bits per heavy atom. The predicted molar refractivity (Wildman–Crippen MR) is 112 cm³/mol. The third-order valence-corrected chi connectivity index (χ3v) is 5.15. The summed E-state index contributed by atoms with van der Waals surface area (Å²) >= 11 is 3.47. The molecule has 4 nitrogen and oxygen atoms in total. The van der Waals surface area contributed by atoms with Crippen LogP contribution in [-0.4, -0.2) is 10.9 Å². The van der Waals surface area contributed by atoms with Crippen LogP contribution in [0, 0.1) is 11.6 Å². The molecule has 0 atom stereocenters. The fourth-order valence-corrected chi connectivity index (χ4v) is 3.55. The van der Waals surface area contributed by atoms with Crippen molar-refractivity contribution >= 4 is 38.3 Å². The van der Waals surface area contributed by atoms with E-state index < -0.39 is 23.1 Å². The van der Waals surface area contributed by atoms with Crippen LogP contribution >= 0.6 is 15.9 Å². The zero-order chi connectivity index (χ0) is 20.5. The summed E-state index contributed by atoms with van der Waals surface area (Å²) in [5.74, 6) is -2.11. The van der Waals surface area contributed by atoms with Crippen molar-refractivity contribution in [1.29, 1.82) is 0 Å². The molecular formula is C22H13BrF2N2O2. The summed E-state index contributed by atoms with van der Waals surface area (Å²) < 4.78 is 27.9. The molecule has 29 heavy (non-hydrogen) atoms. The summed E-state index contributed by atoms with van der Waals surface area (Å²) in [6, 6.07) is 16.9. The topological polar surface area (TPSA) is 62.0 Å². The number of rotatable bonds is 3. The fraction of sp³-hybridized carbons (Fsp3) is 0. The number of H-pyrrole nitrogens is 1. The minimum atomic E-state index is -0.805. The fourth-order valence-electron chi connectivity index (χ4n) is 3.04. The van der Waals surface area contributed by atoms with Gasteiger partial charge in [0.05, 0.1) is 5.69 Å². The van der Waals surface area contributed by atoms with Gasteiger partial charge in [0.25, 0.3) is 11.5 Å². The second-order valence-corrected chi connectivity index (χ2v) is 7.22. The normalized spacial score (nSPS) is 10.9. The molecule has 4 rings (SSSR count). The Kier molecular flexibility index (Phi) is 4.98. The number of anilines is 1. The number of hydrogen-bond acceptors (Lipinski definition) is 2. The lowest BCUT2D eigenvalue weighted by Gasteiger charge is -2.08. The molecule has 1 aromatic heterocycles. The maximum atomic E-state index is 13.9. The number of pyridine rings is 1. The van der Waals surface area contributed by atoms with Crippen LogP contribution in [0.15, 0.2) is 76.0 Å². The molecule has 1 amide bonds. The highest BCUT2D eigenvalue weighted by Gasteiger charge is 2.14. The average molecular weight is 455 g/mol. The van der Waals surface area contributed by atoms with E-state index in [1.54, 1.807) is 12.1 Å². The number of fused-ring (bicyclic) bond motifs is 1. The van der Waals surface area contributed by atoms with E-state index in [1.165, 1.54) is 18.2 Å². The zero-order valence-electron chi connectivity index (χ0n) is 14.8. The summed E-state index contributed by atoms with van der Waals surface area (Å²) in [4.78, 5) is 27.4. The number of hydrogen-bond donors (Lipinski definition) is 2. The molecule has 2 N–H and O–H groups in total. The minimum Gasteiger partial charge on any atom is -0.322 e. The number of aromatic amines is 1. The largest absolute Gasteiger partial charge is 0.322 e. The molecular weight excluding hydrogens is 442 g/mol. The molecule has 0 radical (unpaired) electrons. The van der Waals surface area contributed by atoms with Crippen molar-refractivity contribution < 1.29 is 13.6 Å². The summed E-state index contributed by atoms with van der Waals surface area (Å²) in [6.45, 7) is 0. The minimum absolute atomic E-state index is 0.0376. The van der Waals surface area contributed by atoms with E-state index in [0.717, 1.165) is 27.4 Å². The SMILES string of the molecule is O=C(Nc1ccc2c(Br)cccc2c1)c1ccc(-c2ccc(F)cc2F)[nH]c1=O. The molecule has 1 heterocycles. The number of aromatic nitrogens is 1. The van der Waals surface area contributed by atoms with Gasteiger partial charge < -0.3 is 10.3 Å². The third kappa shape index (κ3) is 3.82. The summed E-state index contributed by atoms with van der Waals surface area (Å²) in [7, 11) is 0. The van der Waals surface area contributed by atoms with E-state index in [-0.39, 0.29) is 16.8 Å². The zero-order valence-corrected chi connectivity index (χ0v) is 16.4. The van der Waals surface area contributed by atoms with E-state index in [4.69, 9.17) is 0 Å². The first kappa shape index (κ1) is 19.0. The Balaban J connectivity index is 1.61. The molecule has 0 unspecified atom stereocenters. The maximum Gasteiger partial charge on any atom is 0.261 e. The molecule has 4 aromatic rings. The Bertz CT molecular complexity index is 1320. The van der Waals surface area contributed by atoms with Crippen LogP contribution in [0.5, 0.6) is 0 Å². The van der Waals surface area contributed by atoms with Crippen molar-refractivity contribution in [2.24, 2.45) is 0 Å². The van der Waals surface area contributed by atoms with Crippen LogP contribution < -0.4 is 10.9 Å². The van der Waals surface area contributed by atoms with Gasteiger partial charge in [-0.2, -0.15) is 0 Å². The number of halogens is 3. The van der Waals surface area contributed by atoms with E-state index >= 15 is 0 Å². The maximum absolute atomic E-state index is 13.9. The number of amides is 1. The van der Waals surface area contributed by atoms with Gasteiger partial charge in [-0.3, -0.25) is 9.59 Å². The Morgan fingerprint density at radius 3 is 2.55 bits per heavy atom. The van der Waals surface area contributed by atoms with Crippen LogP contribution in [0.4, 0.5) is 14.5 Å². The van der Waals surface area contributed by atoms with Crippen molar-refractivity contribution in [3.8, 4) is 11.3 Å². The predicted octanol–water partition coefficient (Wildman–Crippen LogP) is 5.49. The van der Waals surface area contributed by atoms with Gasteiger partial charge in [-0.1, -0.05) is 34.1 Å². The molecule has 0 aliphatic heterocycles. The highest BCUT2D eigenvalue weighted by molar-refractivity contribution is 9.10.